The number of aromatic nitrogens is 1. The van der Waals surface area contributed by atoms with E-state index in [9.17, 15) is 5.11 Å². The average molecular weight is 305 g/mol. The Kier molecular flexibility index (Phi) is 5.01. The summed E-state index contributed by atoms with van der Waals surface area (Å²) in [5.74, 6) is 0.835. The maximum absolute atomic E-state index is 10.4. The Morgan fingerprint density at radius 1 is 1.24 bits per heavy atom. The first-order chi connectivity index (χ1) is 9.91. The zero-order valence-electron chi connectivity index (χ0n) is 13.1. The molecule has 1 aromatic carbocycles. The summed E-state index contributed by atoms with van der Waals surface area (Å²) < 4.78 is 5.55. The van der Waals surface area contributed by atoms with Crippen LogP contribution in [0.4, 0.5) is 0 Å². The first-order valence-corrected chi connectivity index (χ1v) is 8.16. The summed E-state index contributed by atoms with van der Waals surface area (Å²) in [7, 11) is 0. The molecule has 21 heavy (non-hydrogen) atoms. The zero-order valence-corrected chi connectivity index (χ0v) is 13.9. The molecule has 2 aromatic rings. The molecule has 0 amide bonds. The molecule has 1 N–H and O–H groups in total. The molecular weight excluding hydrogens is 282 g/mol. The third-order valence-corrected chi connectivity index (χ3v) is 4.40. The SMILES string of the molecule is CCCOc1ccc(C(O)c2csc(C(C)(C)C)n2)cc1. The van der Waals surface area contributed by atoms with Gasteiger partial charge in [0.05, 0.1) is 17.3 Å². The van der Waals surface area contributed by atoms with Gasteiger partial charge in [-0.15, -0.1) is 11.3 Å². The van der Waals surface area contributed by atoms with Crippen LogP contribution in [-0.2, 0) is 5.41 Å². The van der Waals surface area contributed by atoms with E-state index in [1.54, 1.807) is 11.3 Å². The van der Waals surface area contributed by atoms with Crippen LogP contribution in [0.5, 0.6) is 5.75 Å². The summed E-state index contributed by atoms with van der Waals surface area (Å²) in [5, 5.41) is 13.4. The second-order valence-electron chi connectivity index (χ2n) is 6.15. The van der Waals surface area contributed by atoms with Crippen LogP contribution in [0.2, 0.25) is 0 Å². The minimum atomic E-state index is -0.683. The van der Waals surface area contributed by atoms with Crippen LogP contribution >= 0.6 is 11.3 Å². The molecule has 114 valence electrons. The van der Waals surface area contributed by atoms with Crippen molar-refractivity contribution < 1.29 is 9.84 Å². The van der Waals surface area contributed by atoms with E-state index in [0.717, 1.165) is 22.7 Å². The van der Waals surface area contributed by atoms with Gasteiger partial charge in [0.1, 0.15) is 11.9 Å². The van der Waals surface area contributed by atoms with Crippen LogP contribution < -0.4 is 4.74 Å². The molecule has 0 saturated carbocycles. The number of nitrogens with zero attached hydrogens (tertiary/aromatic N) is 1. The van der Waals surface area contributed by atoms with Gasteiger partial charge in [0.2, 0.25) is 0 Å². The summed E-state index contributed by atoms with van der Waals surface area (Å²) in [6.07, 6.45) is 0.302. The molecule has 0 aliphatic carbocycles. The average Bonchev–Trinajstić information content (AvgIpc) is 2.95. The van der Waals surface area contributed by atoms with Crippen LogP contribution in [0.1, 0.15) is 56.5 Å². The van der Waals surface area contributed by atoms with Gasteiger partial charge in [0, 0.05) is 10.8 Å². The summed E-state index contributed by atoms with van der Waals surface area (Å²) in [5.41, 5.74) is 1.57. The Morgan fingerprint density at radius 2 is 1.90 bits per heavy atom. The largest absolute Gasteiger partial charge is 0.494 e. The third-order valence-electron chi connectivity index (χ3n) is 3.11. The van der Waals surface area contributed by atoms with E-state index in [2.05, 4.69) is 32.7 Å². The second kappa shape index (κ2) is 6.58. The van der Waals surface area contributed by atoms with E-state index >= 15 is 0 Å². The molecule has 1 unspecified atom stereocenters. The zero-order chi connectivity index (χ0) is 15.5. The molecule has 0 spiro atoms. The van der Waals surface area contributed by atoms with Crippen molar-refractivity contribution in [2.24, 2.45) is 0 Å². The number of thiazole rings is 1. The molecule has 0 bridgehead atoms. The van der Waals surface area contributed by atoms with E-state index in [4.69, 9.17) is 4.74 Å². The number of hydrogen-bond donors (Lipinski definition) is 1. The predicted octanol–water partition coefficient (Wildman–Crippen LogP) is 4.31. The number of aliphatic hydroxyl groups is 1. The van der Waals surface area contributed by atoms with Crippen molar-refractivity contribution in [3.63, 3.8) is 0 Å². The molecule has 2 rings (SSSR count). The van der Waals surface area contributed by atoms with Crippen LogP contribution in [0, 0.1) is 0 Å². The van der Waals surface area contributed by atoms with Gasteiger partial charge in [0.15, 0.2) is 0 Å². The first-order valence-electron chi connectivity index (χ1n) is 7.28. The maximum Gasteiger partial charge on any atom is 0.122 e. The topological polar surface area (TPSA) is 42.4 Å². The van der Waals surface area contributed by atoms with E-state index in [-0.39, 0.29) is 5.41 Å². The van der Waals surface area contributed by atoms with Gasteiger partial charge >= 0.3 is 0 Å². The molecule has 1 aromatic heterocycles. The van der Waals surface area contributed by atoms with Crippen molar-refractivity contribution in [2.45, 2.75) is 45.6 Å². The summed E-state index contributed by atoms with van der Waals surface area (Å²) in [6, 6.07) is 7.58. The van der Waals surface area contributed by atoms with Gasteiger partial charge in [-0.05, 0) is 24.1 Å². The fourth-order valence-corrected chi connectivity index (χ4v) is 2.82. The van der Waals surface area contributed by atoms with E-state index in [1.807, 2.05) is 29.6 Å². The molecule has 1 heterocycles. The van der Waals surface area contributed by atoms with Crippen molar-refractivity contribution in [1.29, 1.82) is 0 Å². The molecule has 0 radical (unpaired) electrons. The smallest absolute Gasteiger partial charge is 0.122 e. The Labute approximate surface area is 130 Å². The molecule has 0 aliphatic rings. The Balaban J connectivity index is 2.12. The quantitative estimate of drug-likeness (QED) is 0.895. The minimum Gasteiger partial charge on any atom is -0.494 e. The molecule has 1 atom stereocenters. The monoisotopic (exact) mass is 305 g/mol. The third kappa shape index (κ3) is 4.05. The van der Waals surface area contributed by atoms with Crippen LogP contribution in [0.3, 0.4) is 0 Å². The molecular formula is C17H23NO2S. The van der Waals surface area contributed by atoms with Gasteiger partial charge in [-0.3, -0.25) is 0 Å². The Hall–Kier alpha value is -1.39. The fraction of sp³-hybridized carbons (Fsp3) is 0.471. The van der Waals surface area contributed by atoms with Crippen LogP contribution in [-0.4, -0.2) is 16.7 Å². The highest BCUT2D eigenvalue weighted by Crippen LogP contribution is 2.30. The first kappa shape index (κ1) is 16.0. The highest BCUT2D eigenvalue weighted by atomic mass is 32.1. The van der Waals surface area contributed by atoms with Crippen molar-refractivity contribution in [3.05, 3.63) is 45.9 Å². The summed E-state index contributed by atoms with van der Waals surface area (Å²) in [6.45, 7) is 9.17. The highest BCUT2D eigenvalue weighted by molar-refractivity contribution is 7.09. The lowest BCUT2D eigenvalue weighted by molar-refractivity contribution is 0.215. The van der Waals surface area contributed by atoms with E-state index < -0.39 is 6.10 Å². The van der Waals surface area contributed by atoms with Crippen LogP contribution in [0.15, 0.2) is 29.6 Å². The lowest BCUT2D eigenvalue weighted by atomic mass is 9.98. The van der Waals surface area contributed by atoms with Crippen molar-refractivity contribution in [3.8, 4) is 5.75 Å². The predicted molar refractivity (Wildman–Crippen MR) is 87.1 cm³/mol. The minimum absolute atomic E-state index is 0.0144. The van der Waals surface area contributed by atoms with Gasteiger partial charge < -0.3 is 9.84 Å². The summed E-state index contributed by atoms with van der Waals surface area (Å²) >= 11 is 1.60. The number of hydrogen-bond acceptors (Lipinski definition) is 4. The van der Waals surface area contributed by atoms with Gasteiger partial charge in [0.25, 0.3) is 0 Å². The normalized spacial score (nSPS) is 13.2. The number of aliphatic hydroxyl groups excluding tert-OH is 1. The molecule has 0 fully saturated rings. The highest BCUT2D eigenvalue weighted by Gasteiger charge is 2.21. The maximum atomic E-state index is 10.4. The van der Waals surface area contributed by atoms with Crippen molar-refractivity contribution in [1.82, 2.24) is 4.98 Å². The lowest BCUT2D eigenvalue weighted by Gasteiger charge is -2.14. The lowest BCUT2D eigenvalue weighted by Crippen LogP contribution is -2.11. The molecule has 4 heteroatoms. The van der Waals surface area contributed by atoms with Gasteiger partial charge in [-0.25, -0.2) is 4.98 Å². The molecule has 3 nitrogen and oxygen atoms in total. The fourth-order valence-electron chi connectivity index (χ4n) is 1.89. The van der Waals surface area contributed by atoms with Gasteiger partial charge in [-0.1, -0.05) is 39.8 Å². The second-order valence-corrected chi connectivity index (χ2v) is 7.01. The number of rotatable bonds is 5. The number of benzene rings is 1. The van der Waals surface area contributed by atoms with E-state index in [0.29, 0.717) is 12.3 Å². The summed E-state index contributed by atoms with van der Waals surface area (Å²) in [4.78, 5) is 4.57. The van der Waals surface area contributed by atoms with Gasteiger partial charge in [-0.2, -0.15) is 0 Å². The Bertz CT molecular complexity index is 569. The van der Waals surface area contributed by atoms with Crippen LogP contribution in [0.25, 0.3) is 0 Å². The Morgan fingerprint density at radius 3 is 2.43 bits per heavy atom. The molecule has 0 saturated heterocycles. The number of ether oxygens (including phenoxy) is 1. The van der Waals surface area contributed by atoms with E-state index in [1.165, 1.54) is 0 Å². The van der Waals surface area contributed by atoms with Crippen molar-refractivity contribution >= 4 is 11.3 Å². The molecule has 0 aliphatic heterocycles. The van der Waals surface area contributed by atoms with Crippen molar-refractivity contribution in [2.75, 3.05) is 6.61 Å². The standard InChI is InChI=1S/C17H23NO2S/c1-5-10-20-13-8-6-12(7-9-13)15(19)14-11-21-16(18-14)17(2,3)4/h6-9,11,15,19H,5,10H2,1-4H3.